The maximum absolute atomic E-state index is 13.8. The molecular weight excluding hydrogens is 395 g/mol. The van der Waals surface area contributed by atoms with Crippen molar-refractivity contribution in [1.29, 1.82) is 0 Å². The first-order valence-electron chi connectivity index (χ1n) is 9.32. The fourth-order valence-electron chi connectivity index (χ4n) is 3.90. The van der Waals surface area contributed by atoms with E-state index in [0.29, 0.717) is 11.6 Å². The average Bonchev–Trinajstić information content (AvgIpc) is 3.34. The van der Waals surface area contributed by atoms with Gasteiger partial charge < -0.3 is 5.32 Å². The number of hydrogen-bond donors (Lipinski definition) is 1. The number of hydrogen-bond acceptors (Lipinski definition) is 3. The molecule has 0 spiro atoms. The predicted octanol–water partition coefficient (Wildman–Crippen LogP) is 5.98. The molecule has 4 rings (SSSR count). The van der Waals surface area contributed by atoms with E-state index in [4.69, 9.17) is 11.6 Å². The van der Waals surface area contributed by atoms with Crippen LogP contribution < -0.4 is 5.32 Å². The van der Waals surface area contributed by atoms with Crippen LogP contribution in [0.15, 0.2) is 54.7 Å². The molecule has 1 aromatic heterocycles. The van der Waals surface area contributed by atoms with Crippen LogP contribution in [0.2, 0.25) is 5.02 Å². The number of carbonyl (C=O) groups excluding carboxylic acids is 1. The van der Waals surface area contributed by atoms with E-state index in [1.807, 2.05) is 30.3 Å². The van der Waals surface area contributed by atoms with Gasteiger partial charge in [-0.2, -0.15) is 0 Å². The molecule has 1 amide bonds. The highest BCUT2D eigenvalue weighted by molar-refractivity contribution is 7.15. The summed E-state index contributed by atoms with van der Waals surface area (Å²) in [5.74, 6) is -0.415. The Kier molecular flexibility index (Phi) is 5.47. The third kappa shape index (κ3) is 3.82. The number of halogens is 2. The summed E-state index contributed by atoms with van der Waals surface area (Å²) in [6.07, 6.45) is 5.80. The van der Waals surface area contributed by atoms with Crippen LogP contribution in [0.3, 0.4) is 0 Å². The van der Waals surface area contributed by atoms with Crippen LogP contribution in [0.4, 0.5) is 9.52 Å². The van der Waals surface area contributed by atoms with E-state index in [9.17, 15) is 9.18 Å². The third-order valence-electron chi connectivity index (χ3n) is 5.37. The van der Waals surface area contributed by atoms with E-state index in [1.54, 1.807) is 12.3 Å². The Morgan fingerprint density at radius 2 is 1.96 bits per heavy atom. The van der Waals surface area contributed by atoms with E-state index in [1.165, 1.54) is 23.5 Å². The second-order valence-corrected chi connectivity index (χ2v) is 8.68. The van der Waals surface area contributed by atoms with Crippen molar-refractivity contribution in [2.45, 2.75) is 37.5 Å². The summed E-state index contributed by atoms with van der Waals surface area (Å²) < 4.78 is 13.8. The topological polar surface area (TPSA) is 42.0 Å². The molecule has 1 heterocycles. The number of amides is 1. The summed E-state index contributed by atoms with van der Waals surface area (Å²) in [4.78, 5) is 18.6. The molecule has 1 N–H and O–H groups in total. The van der Waals surface area contributed by atoms with Crippen molar-refractivity contribution >= 4 is 34.0 Å². The van der Waals surface area contributed by atoms with E-state index in [2.05, 4.69) is 10.3 Å². The van der Waals surface area contributed by atoms with Crippen LogP contribution in [-0.2, 0) is 16.6 Å². The number of rotatable bonds is 5. The largest absolute Gasteiger partial charge is 0.301 e. The zero-order valence-electron chi connectivity index (χ0n) is 15.3. The van der Waals surface area contributed by atoms with Gasteiger partial charge in [0.1, 0.15) is 5.82 Å². The SMILES string of the molecule is O=C(Nc1ncc(Cc2ccccc2Cl)s1)C1(c2cccc(F)c2)CCCC1. The minimum atomic E-state index is -0.684. The Hall–Kier alpha value is -2.24. The summed E-state index contributed by atoms with van der Waals surface area (Å²) in [6, 6.07) is 14.1. The Morgan fingerprint density at radius 3 is 2.71 bits per heavy atom. The molecule has 2 aromatic carbocycles. The van der Waals surface area contributed by atoms with Gasteiger partial charge in [0.05, 0.1) is 5.41 Å². The normalized spacial score (nSPS) is 15.5. The molecule has 1 saturated carbocycles. The second-order valence-electron chi connectivity index (χ2n) is 7.15. The van der Waals surface area contributed by atoms with E-state index < -0.39 is 5.41 Å². The third-order valence-corrected chi connectivity index (χ3v) is 6.65. The molecule has 144 valence electrons. The summed E-state index contributed by atoms with van der Waals surface area (Å²) in [5.41, 5.74) is 1.09. The van der Waals surface area contributed by atoms with Crippen LogP contribution in [0.1, 0.15) is 41.7 Å². The predicted molar refractivity (Wildman–Crippen MR) is 112 cm³/mol. The maximum Gasteiger partial charge on any atom is 0.236 e. The highest BCUT2D eigenvalue weighted by atomic mass is 35.5. The lowest BCUT2D eigenvalue weighted by Crippen LogP contribution is -2.38. The van der Waals surface area contributed by atoms with Crippen molar-refractivity contribution in [3.05, 3.63) is 81.6 Å². The Labute approximate surface area is 172 Å². The second kappa shape index (κ2) is 8.02. The van der Waals surface area contributed by atoms with Crippen molar-refractivity contribution in [1.82, 2.24) is 4.98 Å². The molecule has 6 heteroatoms. The fourth-order valence-corrected chi connectivity index (χ4v) is 4.94. The highest BCUT2D eigenvalue weighted by Gasteiger charge is 2.43. The highest BCUT2D eigenvalue weighted by Crippen LogP contribution is 2.42. The molecule has 0 radical (unpaired) electrons. The van der Waals surface area contributed by atoms with Gasteiger partial charge in [-0.3, -0.25) is 4.79 Å². The van der Waals surface area contributed by atoms with Crippen LogP contribution in [-0.4, -0.2) is 10.9 Å². The van der Waals surface area contributed by atoms with Crippen molar-refractivity contribution in [3.8, 4) is 0 Å². The van der Waals surface area contributed by atoms with E-state index in [0.717, 1.165) is 46.7 Å². The van der Waals surface area contributed by atoms with Crippen molar-refractivity contribution < 1.29 is 9.18 Å². The summed E-state index contributed by atoms with van der Waals surface area (Å²) in [7, 11) is 0. The number of thiazole rings is 1. The first kappa shape index (κ1) is 19.1. The molecule has 1 fully saturated rings. The summed E-state index contributed by atoms with van der Waals surface area (Å²) in [5, 5.41) is 4.26. The Bertz CT molecular complexity index is 997. The quantitative estimate of drug-likeness (QED) is 0.558. The number of benzene rings is 2. The molecule has 1 aliphatic carbocycles. The van der Waals surface area contributed by atoms with Gasteiger partial charge in [0.25, 0.3) is 0 Å². The van der Waals surface area contributed by atoms with Gasteiger partial charge in [-0.15, -0.1) is 11.3 Å². The standard InChI is InChI=1S/C22H20ClFN2OS/c23-19-9-2-1-6-15(19)12-18-14-25-21(28-18)26-20(27)22(10-3-4-11-22)16-7-5-8-17(24)13-16/h1-2,5-9,13-14H,3-4,10-12H2,(H,25,26,27). The zero-order chi connectivity index (χ0) is 19.6. The lowest BCUT2D eigenvalue weighted by Gasteiger charge is -2.27. The molecule has 3 aromatic rings. The molecule has 28 heavy (non-hydrogen) atoms. The minimum absolute atomic E-state index is 0.103. The van der Waals surface area contributed by atoms with Crippen LogP contribution >= 0.6 is 22.9 Å². The van der Waals surface area contributed by atoms with Gasteiger partial charge in [0.15, 0.2) is 5.13 Å². The van der Waals surface area contributed by atoms with E-state index in [-0.39, 0.29) is 11.7 Å². The number of nitrogens with zero attached hydrogens (tertiary/aromatic N) is 1. The van der Waals surface area contributed by atoms with Gasteiger partial charge in [0, 0.05) is 22.5 Å². The first-order chi connectivity index (χ1) is 13.6. The van der Waals surface area contributed by atoms with Gasteiger partial charge in [0.2, 0.25) is 5.91 Å². The smallest absolute Gasteiger partial charge is 0.236 e. The van der Waals surface area contributed by atoms with Crippen molar-refractivity contribution in [3.63, 3.8) is 0 Å². The minimum Gasteiger partial charge on any atom is -0.301 e. The average molecular weight is 415 g/mol. The van der Waals surface area contributed by atoms with Gasteiger partial charge in [-0.05, 0) is 42.2 Å². The zero-order valence-corrected chi connectivity index (χ0v) is 16.8. The molecular formula is C22H20ClFN2OS. The molecule has 0 atom stereocenters. The molecule has 3 nitrogen and oxygen atoms in total. The fraction of sp³-hybridized carbons (Fsp3) is 0.273. The van der Waals surface area contributed by atoms with Crippen LogP contribution in [0, 0.1) is 5.82 Å². The van der Waals surface area contributed by atoms with Gasteiger partial charge in [-0.1, -0.05) is 54.8 Å². The molecule has 0 saturated heterocycles. The lowest BCUT2D eigenvalue weighted by atomic mass is 9.78. The first-order valence-corrected chi connectivity index (χ1v) is 10.5. The number of anilines is 1. The Balaban J connectivity index is 1.53. The van der Waals surface area contributed by atoms with Crippen molar-refractivity contribution in [2.24, 2.45) is 0 Å². The van der Waals surface area contributed by atoms with E-state index >= 15 is 0 Å². The monoisotopic (exact) mass is 414 g/mol. The lowest BCUT2D eigenvalue weighted by molar-refractivity contribution is -0.121. The summed E-state index contributed by atoms with van der Waals surface area (Å²) >= 11 is 7.68. The maximum atomic E-state index is 13.8. The number of aromatic nitrogens is 1. The summed E-state index contributed by atoms with van der Waals surface area (Å²) in [6.45, 7) is 0. The number of nitrogens with one attached hydrogen (secondary N) is 1. The molecule has 1 aliphatic rings. The van der Waals surface area contributed by atoms with Crippen LogP contribution in [0.25, 0.3) is 0 Å². The molecule has 0 unspecified atom stereocenters. The number of carbonyl (C=O) groups is 1. The van der Waals surface area contributed by atoms with Crippen molar-refractivity contribution in [2.75, 3.05) is 5.32 Å². The Morgan fingerprint density at radius 1 is 1.18 bits per heavy atom. The molecule has 0 aliphatic heterocycles. The van der Waals surface area contributed by atoms with Gasteiger partial charge >= 0.3 is 0 Å². The van der Waals surface area contributed by atoms with Crippen LogP contribution in [0.5, 0.6) is 0 Å². The molecule has 0 bridgehead atoms. The van der Waals surface area contributed by atoms with Gasteiger partial charge in [-0.25, -0.2) is 9.37 Å².